The van der Waals surface area contributed by atoms with Gasteiger partial charge in [0, 0.05) is 23.3 Å². The molecule has 3 rings (SSSR count). The minimum absolute atomic E-state index is 0.152. The van der Waals surface area contributed by atoms with Crippen molar-refractivity contribution in [1.29, 1.82) is 0 Å². The van der Waals surface area contributed by atoms with Gasteiger partial charge >= 0.3 is 0 Å². The average Bonchev–Trinajstić information content (AvgIpc) is 3.10. The number of aliphatic hydroxyl groups excluding tert-OH is 1. The van der Waals surface area contributed by atoms with Gasteiger partial charge in [-0.1, -0.05) is 24.3 Å². The molecule has 5 nitrogen and oxygen atoms in total. The number of aryl methyl sites for hydroxylation is 1. The molecule has 2 aromatic heterocycles. The number of benzene rings is 1. The van der Waals surface area contributed by atoms with Gasteiger partial charge in [0.2, 0.25) is 0 Å². The summed E-state index contributed by atoms with van der Waals surface area (Å²) in [4.78, 5) is 4.56. The molecule has 132 valence electrons. The number of fused-ring (bicyclic) bond motifs is 1. The van der Waals surface area contributed by atoms with Gasteiger partial charge in [0.15, 0.2) is 9.84 Å². The van der Waals surface area contributed by atoms with E-state index in [0.717, 1.165) is 39.2 Å². The third kappa shape index (κ3) is 3.84. The van der Waals surface area contributed by atoms with Crippen LogP contribution >= 0.6 is 11.3 Å². The predicted molar refractivity (Wildman–Crippen MR) is 102 cm³/mol. The van der Waals surface area contributed by atoms with Crippen LogP contribution in [0.5, 0.6) is 0 Å². The average molecular weight is 377 g/mol. The zero-order chi connectivity index (χ0) is 18.0. The largest absolute Gasteiger partial charge is 0.390 e. The molecule has 0 amide bonds. The fourth-order valence-corrected chi connectivity index (χ4v) is 5.19. The number of thiophene rings is 1. The van der Waals surface area contributed by atoms with Gasteiger partial charge in [0.25, 0.3) is 0 Å². The maximum atomic E-state index is 12.3. The first-order chi connectivity index (χ1) is 11.9. The van der Waals surface area contributed by atoms with Crippen LogP contribution in [0.1, 0.15) is 11.3 Å². The number of hydrogen-bond donors (Lipinski definition) is 2. The van der Waals surface area contributed by atoms with E-state index < -0.39 is 15.9 Å². The Labute approximate surface area is 151 Å². The highest BCUT2D eigenvalue weighted by atomic mass is 32.2. The molecule has 25 heavy (non-hydrogen) atoms. The third-order valence-electron chi connectivity index (χ3n) is 4.11. The highest BCUT2D eigenvalue weighted by Crippen LogP contribution is 2.27. The van der Waals surface area contributed by atoms with Crippen molar-refractivity contribution < 1.29 is 13.5 Å². The molecule has 0 fully saturated rings. The molecule has 0 saturated heterocycles. The monoisotopic (exact) mass is 376 g/mol. The van der Waals surface area contributed by atoms with E-state index in [4.69, 9.17) is 0 Å². The van der Waals surface area contributed by atoms with Gasteiger partial charge in [0.05, 0.1) is 17.4 Å². The Hall–Kier alpha value is -1.96. The van der Waals surface area contributed by atoms with Crippen LogP contribution in [0.25, 0.3) is 10.9 Å². The fraction of sp³-hybridized carbons (Fsp3) is 0.278. The zero-order valence-corrected chi connectivity index (χ0v) is 15.7. The molecule has 0 saturated carbocycles. The molecule has 1 unspecified atom stereocenters. The lowest BCUT2D eigenvalue weighted by Gasteiger charge is -2.17. The van der Waals surface area contributed by atoms with E-state index in [9.17, 15) is 13.5 Å². The highest BCUT2D eigenvalue weighted by molar-refractivity contribution is 7.93. The minimum atomic E-state index is -3.47. The molecule has 0 radical (unpaired) electrons. The van der Waals surface area contributed by atoms with Crippen molar-refractivity contribution in [2.75, 3.05) is 17.6 Å². The van der Waals surface area contributed by atoms with Crippen LogP contribution in [0.4, 0.5) is 5.69 Å². The molecule has 0 aliphatic heterocycles. The second kappa shape index (κ2) is 7.11. The van der Waals surface area contributed by atoms with Crippen LogP contribution in [-0.2, 0) is 9.84 Å². The molecule has 1 aromatic carbocycles. The number of nitrogens with zero attached hydrogens (tertiary/aromatic N) is 1. The molecule has 1 atom stereocenters. The SMILES string of the molecule is Cc1nc2ccccc2c(NCC(O)CS(=O)(=O)c2cccs2)c1C. The van der Waals surface area contributed by atoms with Crippen molar-refractivity contribution in [1.82, 2.24) is 4.98 Å². The fourth-order valence-electron chi connectivity index (χ4n) is 2.71. The quantitative estimate of drug-likeness (QED) is 0.691. The van der Waals surface area contributed by atoms with Crippen LogP contribution in [0, 0.1) is 13.8 Å². The molecule has 2 heterocycles. The van der Waals surface area contributed by atoms with E-state index in [1.165, 1.54) is 0 Å². The second-order valence-electron chi connectivity index (χ2n) is 5.96. The lowest BCUT2D eigenvalue weighted by atomic mass is 10.1. The standard InChI is InChI=1S/C18H20N2O3S2/c1-12-13(2)20-16-7-4-3-6-15(16)18(12)19-10-14(21)11-25(22,23)17-8-5-9-24-17/h3-9,14,21H,10-11H2,1-2H3,(H,19,20). The smallest absolute Gasteiger partial charge is 0.190 e. The van der Waals surface area contributed by atoms with Gasteiger partial charge in [-0.3, -0.25) is 4.98 Å². The Morgan fingerprint density at radius 1 is 1.20 bits per heavy atom. The van der Waals surface area contributed by atoms with E-state index >= 15 is 0 Å². The van der Waals surface area contributed by atoms with Gasteiger partial charge < -0.3 is 10.4 Å². The number of nitrogens with one attached hydrogen (secondary N) is 1. The molecule has 3 aromatic rings. The first-order valence-electron chi connectivity index (χ1n) is 7.92. The zero-order valence-electron chi connectivity index (χ0n) is 14.1. The van der Waals surface area contributed by atoms with Crippen molar-refractivity contribution in [2.45, 2.75) is 24.2 Å². The Balaban J connectivity index is 1.78. The Bertz CT molecular complexity index is 983. The lowest BCUT2D eigenvalue weighted by molar-refractivity contribution is 0.210. The van der Waals surface area contributed by atoms with Crippen molar-refractivity contribution >= 4 is 37.8 Å². The van der Waals surface area contributed by atoms with Crippen molar-refractivity contribution in [3.63, 3.8) is 0 Å². The molecular formula is C18H20N2O3S2. The summed E-state index contributed by atoms with van der Waals surface area (Å²) in [6.45, 7) is 4.05. The Morgan fingerprint density at radius 3 is 2.68 bits per heavy atom. The van der Waals surface area contributed by atoms with Crippen molar-refractivity contribution in [3.8, 4) is 0 Å². The number of rotatable bonds is 6. The number of hydrogen-bond acceptors (Lipinski definition) is 6. The summed E-state index contributed by atoms with van der Waals surface area (Å²) in [7, 11) is -3.47. The number of para-hydroxylation sites is 1. The Kier molecular flexibility index (Phi) is 5.08. The van der Waals surface area contributed by atoms with Crippen LogP contribution < -0.4 is 5.32 Å². The summed E-state index contributed by atoms with van der Waals surface area (Å²) in [5.41, 5.74) is 3.65. The molecule has 0 spiro atoms. The first kappa shape index (κ1) is 17.8. The first-order valence-corrected chi connectivity index (χ1v) is 10.5. The summed E-state index contributed by atoms with van der Waals surface area (Å²) in [6, 6.07) is 11.0. The van der Waals surface area contributed by atoms with Crippen LogP contribution in [0.2, 0.25) is 0 Å². The maximum Gasteiger partial charge on any atom is 0.190 e. The third-order valence-corrected chi connectivity index (χ3v) is 7.39. The van der Waals surface area contributed by atoms with Crippen LogP contribution in [0.3, 0.4) is 0 Å². The van der Waals surface area contributed by atoms with Crippen LogP contribution in [0.15, 0.2) is 46.0 Å². The second-order valence-corrected chi connectivity index (χ2v) is 9.17. The number of aromatic nitrogens is 1. The minimum Gasteiger partial charge on any atom is -0.390 e. The predicted octanol–water partition coefficient (Wildman–Crippen LogP) is 3.16. The summed E-state index contributed by atoms with van der Waals surface area (Å²) in [6.07, 6.45) is -1.00. The normalized spacial score (nSPS) is 13.1. The van der Waals surface area contributed by atoms with E-state index in [1.807, 2.05) is 38.1 Å². The van der Waals surface area contributed by atoms with Crippen molar-refractivity contribution in [3.05, 3.63) is 53.0 Å². The highest BCUT2D eigenvalue weighted by Gasteiger charge is 2.21. The van der Waals surface area contributed by atoms with Gasteiger partial charge in [-0.05, 0) is 36.9 Å². The molecule has 0 bridgehead atoms. The van der Waals surface area contributed by atoms with E-state index in [0.29, 0.717) is 0 Å². The van der Waals surface area contributed by atoms with Crippen LogP contribution in [-0.4, -0.2) is 36.9 Å². The number of pyridine rings is 1. The summed E-state index contributed by atoms with van der Waals surface area (Å²) >= 11 is 1.16. The summed E-state index contributed by atoms with van der Waals surface area (Å²) in [5.74, 6) is -0.304. The Morgan fingerprint density at radius 2 is 1.96 bits per heavy atom. The number of anilines is 1. The maximum absolute atomic E-state index is 12.3. The topological polar surface area (TPSA) is 79.3 Å². The molecule has 7 heteroatoms. The van der Waals surface area contributed by atoms with E-state index in [-0.39, 0.29) is 16.5 Å². The van der Waals surface area contributed by atoms with Gasteiger partial charge in [-0.15, -0.1) is 11.3 Å². The number of aliphatic hydroxyl groups is 1. The molecule has 2 N–H and O–H groups in total. The summed E-state index contributed by atoms with van der Waals surface area (Å²) < 4.78 is 24.8. The molecule has 0 aliphatic rings. The van der Waals surface area contributed by atoms with Gasteiger partial charge in [-0.2, -0.15) is 0 Å². The van der Waals surface area contributed by atoms with Crippen molar-refractivity contribution in [2.24, 2.45) is 0 Å². The van der Waals surface area contributed by atoms with Gasteiger partial charge in [0.1, 0.15) is 4.21 Å². The van der Waals surface area contributed by atoms with Gasteiger partial charge in [-0.25, -0.2) is 8.42 Å². The van der Waals surface area contributed by atoms with E-state index in [1.54, 1.807) is 17.5 Å². The van der Waals surface area contributed by atoms with E-state index in [2.05, 4.69) is 10.3 Å². The lowest BCUT2D eigenvalue weighted by Crippen LogP contribution is -2.28. The molecular weight excluding hydrogens is 356 g/mol. The number of sulfone groups is 1. The summed E-state index contributed by atoms with van der Waals surface area (Å²) in [5, 5.41) is 16.1. The molecule has 0 aliphatic carbocycles.